The van der Waals surface area contributed by atoms with Crippen LogP contribution >= 0.6 is 0 Å². The van der Waals surface area contributed by atoms with Crippen LogP contribution in [0.15, 0.2) is 79.0 Å². The van der Waals surface area contributed by atoms with Crippen LogP contribution in [-0.4, -0.2) is 39.5 Å². The van der Waals surface area contributed by atoms with Gasteiger partial charge in [-0.05, 0) is 36.4 Å². The van der Waals surface area contributed by atoms with Crippen LogP contribution in [0.25, 0.3) is 28.0 Å². The van der Waals surface area contributed by atoms with Crippen molar-refractivity contribution < 1.29 is 14.3 Å². The average Bonchev–Trinajstić information content (AvgIpc) is 3.49. The van der Waals surface area contributed by atoms with Crippen molar-refractivity contribution in [2.24, 2.45) is 7.05 Å². The molecular formula is C27H25N5O3. The molecule has 1 N–H and O–H groups in total. The molecule has 8 nitrogen and oxygen atoms in total. The number of hydrogen-bond donors (Lipinski definition) is 1. The van der Waals surface area contributed by atoms with Gasteiger partial charge in [0.1, 0.15) is 23.0 Å². The molecule has 2 aromatic heterocycles. The molecule has 0 spiro atoms. The first-order valence-corrected chi connectivity index (χ1v) is 11.1. The standard InChI is InChI=1S/C27H25N5O3/c1-31-23-12-8-7-11-22(23)29-25(31)16-28-27(33)21-17-32(18-9-5-4-6-10-18)30-26(21)20-14-13-19(34-2)15-24(20)35-3/h4-15,17H,16H2,1-3H3,(H,28,33). The summed E-state index contributed by atoms with van der Waals surface area (Å²) in [6.45, 7) is 0.277. The molecule has 3 aromatic carbocycles. The molecule has 176 valence electrons. The van der Waals surface area contributed by atoms with E-state index >= 15 is 0 Å². The third kappa shape index (κ3) is 4.21. The molecule has 35 heavy (non-hydrogen) atoms. The first kappa shape index (κ1) is 22.2. The molecule has 5 aromatic rings. The van der Waals surface area contributed by atoms with E-state index in [9.17, 15) is 4.79 Å². The lowest BCUT2D eigenvalue weighted by atomic mass is 10.1. The van der Waals surface area contributed by atoms with Gasteiger partial charge in [0.2, 0.25) is 0 Å². The highest BCUT2D eigenvalue weighted by molar-refractivity contribution is 6.00. The number of methoxy groups -OCH3 is 2. The van der Waals surface area contributed by atoms with Gasteiger partial charge in [0.05, 0.1) is 43.0 Å². The second-order valence-electron chi connectivity index (χ2n) is 8.00. The summed E-state index contributed by atoms with van der Waals surface area (Å²) in [5, 5.41) is 7.77. The van der Waals surface area contributed by atoms with Crippen LogP contribution in [0.4, 0.5) is 0 Å². The molecule has 0 saturated heterocycles. The van der Waals surface area contributed by atoms with Crippen molar-refractivity contribution in [2.45, 2.75) is 6.54 Å². The monoisotopic (exact) mass is 467 g/mol. The molecular weight excluding hydrogens is 442 g/mol. The Morgan fingerprint density at radius 2 is 1.74 bits per heavy atom. The fraction of sp³-hybridized carbons (Fsp3) is 0.148. The number of aromatic nitrogens is 4. The summed E-state index contributed by atoms with van der Waals surface area (Å²) in [5.41, 5.74) is 4.37. The lowest BCUT2D eigenvalue weighted by Gasteiger charge is -2.10. The van der Waals surface area contributed by atoms with Crippen molar-refractivity contribution in [1.29, 1.82) is 0 Å². The Bertz CT molecular complexity index is 1500. The summed E-state index contributed by atoms with van der Waals surface area (Å²) in [4.78, 5) is 18.1. The van der Waals surface area contributed by atoms with E-state index in [2.05, 4.69) is 10.3 Å². The minimum absolute atomic E-state index is 0.257. The van der Waals surface area contributed by atoms with Crippen LogP contribution in [0.2, 0.25) is 0 Å². The molecule has 0 aliphatic carbocycles. The summed E-state index contributed by atoms with van der Waals surface area (Å²) in [6, 6.07) is 23.0. The Balaban J connectivity index is 1.52. The number of amides is 1. The highest BCUT2D eigenvalue weighted by Gasteiger charge is 2.22. The second-order valence-corrected chi connectivity index (χ2v) is 8.00. The third-order valence-corrected chi connectivity index (χ3v) is 5.93. The lowest BCUT2D eigenvalue weighted by Crippen LogP contribution is -2.24. The molecule has 0 atom stereocenters. The number of rotatable bonds is 7. The molecule has 8 heteroatoms. The number of carbonyl (C=O) groups is 1. The fourth-order valence-corrected chi connectivity index (χ4v) is 4.05. The van der Waals surface area contributed by atoms with Crippen LogP contribution in [0.5, 0.6) is 11.5 Å². The van der Waals surface area contributed by atoms with E-state index in [1.165, 1.54) is 0 Å². The number of fused-ring (bicyclic) bond motifs is 1. The maximum atomic E-state index is 13.4. The molecule has 0 unspecified atom stereocenters. The van der Waals surface area contributed by atoms with Crippen LogP contribution in [0.1, 0.15) is 16.2 Å². The molecule has 0 radical (unpaired) electrons. The topological polar surface area (TPSA) is 83.2 Å². The van der Waals surface area contributed by atoms with Gasteiger partial charge in [0, 0.05) is 24.9 Å². The van der Waals surface area contributed by atoms with Gasteiger partial charge in [0.15, 0.2) is 0 Å². The van der Waals surface area contributed by atoms with E-state index in [1.807, 2.05) is 78.3 Å². The number of nitrogens with one attached hydrogen (secondary N) is 1. The Morgan fingerprint density at radius 1 is 0.971 bits per heavy atom. The number of imidazole rings is 1. The molecule has 5 rings (SSSR count). The van der Waals surface area contributed by atoms with Gasteiger partial charge in [-0.15, -0.1) is 0 Å². The van der Waals surface area contributed by atoms with E-state index in [-0.39, 0.29) is 12.5 Å². The number of nitrogens with zero attached hydrogens (tertiary/aromatic N) is 4. The maximum Gasteiger partial charge on any atom is 0.255 e. The molecule has 0 aliphatic heterocycles. The highest BCUT2D eigenvalue weighted by atomic mass is 16.5. The molecule has 0 fully saturated rings. The lowest BCUT2D eigenvalue weighted by molar-refractivity contribution is 0.0950. The summed E-state index contributed by atoms with van der Waals surface area (Å²) in [6.07, 6.45) is 1.73. The summed E-state index contributed by atoms with van der Waals surface area (Å²) in [5.74, 6) is 1.72. The minimum Gasteiger partial charge on any atom is -0.497 e. The largest absolute Gasteiger partial charge is 0.497 e. The van der Waals surface area contributed by atoms with Gasteiger partial charge in [-0.3, -0.25) is 4.79 Å². The average molecular weight is 468 g/mol. The normalized spacial score (nSPS) is 10.9. The molecule has 2 heterocycles. The van der Waals surface area contributed by atoms with Crippen LogP contribution in [-0.2, 0) is 13.6 Å². The Hall–Kier alpha value is -4.59. The summed E-state index contributed by atoms with van der Waals surface area (Å²) >= 11 is 0. The summed E-state index contributed by atoms with van der Waals surface area (Å²) in [7, 11) is 5.12. The van der Waals surface area contributed by atoms with E-state index in [1.54, 1.807) is 31.2 Å². The zero-order valence-corrected chi connectivity index (χ0v) is 19.7. The number of para-hydroxylation sites is 3. The van der Waals surface area contributed by atoms with Gasteiger partial charge in [0.25, 0.3) is 5.91 Å². The van der Waals surface area contributed by atoms with Gasteiger partial charge < -0.3 is 19.4 Å². The van der Waals surface area contributed by atoms with Crippen LogP contribution in [0.3, 0.4) is 0 Å². The smallest absolute Gasteiger partial charge is 0.255 e. The number of hydrogen-bond acceptors (Lipinski definition) is 5. The molecule has 0 bridgehead atoms. The van der Waals surface area contributed by atoms with Gasteiger partial charge >= 0.3 is 0 Å². The highest BCUT2D eigenvalue weighted by Crippen LogP contribution is 2.35. The second kappa shape index (κ2) is 9.34. The predicted octanol–water partition coefficient (Wildman–Crippen LogP) is 4.37. The van der Waals surface area contributed by atoms with E-state index in [4.69, 9.17) is 14.6 Å². The first-order chi connectivity index (χ1) is 17.1. The van der Waals surface area contributed by atoms with Crippen LogP contribution < -0.4 is 14.8 Å². The zero-order valence-electron chi connectivity index (χ0n) is 19.7. The Labute approximate surface area is 202 Å². The van der Waals surface area contributed by atoms with Gasteiger partial charge in [-0.1, -0.05) is 30.3 Å². The van der Waals surface area contributed by atoms with Crippen molar-refractivity contribution in [3.63, 3.8) is 0 Å². The maximum absolute atomic E-state index is 13.4. The third-order valence-electron chi connectivity index (χ3n) is 5.93. The fourth-order valence-electron chi connectivity index (χ4n) is 4.05. The van der Waals surface area contributed by atoms with Crippen molar-refractivity contribution in [1.82, 2.24) is 24.6 Å². The molecule has 1 amide bonds. The minimum atomic E-state index is -0.257. The van der Waals surface area contributed by atoms with Crippen molar-refractivity contribution in [2.75, 3.05) is 14.2 Å². The van der Waals surface area contributed by atoms with E-state index in [0.29, 0.717) is 28.3 Å². The first-order valence-electron chi connectivity index (χ1n) is 11.1. The van der Waals surface area contributed by atoms with Gasteiger partial charge in [-0.25, -0.2) is 9.67 Å². The Morgan fingerprint density at radius 3 is 2.49 bits per heavy atom. The van der Waals surface area contributed by atoms with Gasteiger partial charge in [-0.2, -0.15) is 5.10 Å². The Kier molecular flexibility index (Phi) is 5.93. The quantitative estimate of drug-likeness (QED) is 0.384. The zero-order chi connectivity index (χ0) is 24.4. The van der Waals surface area contributed by atoms with Crippen LogP contribution in [0, 0.1) is 0 Å². The van der Waals surface area contributed by atoms with Crippen molar-refractivity contribution >= 4 is 16.9 Å². The van der Waals surface area contributed by atoms with Crippen molar-refractivity contribution in [3.05, 3.63) is 90.4 Å². The van der Waals surface area contributed by atoms with E-state index in [0.717, 1.165) is 22.5 Å². The predicted molar refractivity (Wildman–Crippen MR) is 134 cm³/mol. The number of benzene rings is 3. The number of aryl methyl sites for hydroxylation is 1. The number of ether oxygens (including phenoxy) is 2. The molecule has 0 aliphatic rings. The summed E-state index contributed by atoms with van der Waals surface area (Å²) < 4.78 is 14.6. The SMILES string of the molecule is COc1ccc(-c2nn(-c3ccccc3)cc2C(=O)NCc2nc3ccccc3n2C)c(OC)c1. The molecule has 0 saturated carbocycles. The van der Waals surface area contributed by atoms with E-state index < -0.39 is 0 Å². The number of carbonyl (C=O) groups excluding carboxylic acids is 1. The van der Waals surface area contributed by atoms with Crippen molar-refractivity contribution in [3.8, 4) is 28.4 Å².